The molecule has 6 heteroatoms. The first-order chi connectivity index (χ1) is 15.4. The van der Waals surface area contributed by atoms with Crippen LogP contribution >= 0.6 is 0 Å². The quantitative estimate of drug-likeness (QED) is 0.516. The lowest BCUT2D eigenvalue weighted by Crippen LogP contribution is -2.44. The van der Waals surface area contributed by atoms with Crippen molar-refractivity contribution in [2.45, 2.75) is 58.3 Å². The molecule has 2 aromatic rings. The number of rotatable bonds is 4. The third-order valence-electron chi connectivity index (χ3n) is 8.22. The van der Waals surface area contributed by atoms with Gasteiger partial charge in [0.15, 0.2) is 11.6 Å². The number of carbonyl (C=O) groups excluding carboxylic acids is 2. The van der Waals surface area contributed by atoms with E-state index in [2.05, 4.69) is 41.7 Å². The molecule has 32 heavy (non-hydrogen) atoms. The van der Waals surface area contributed by atoms with Crippen LogP contribution in [0.1, 0.15) is 61.8 Å². The first-order valence-corrected chi connectivity index (χ1v) is 11.6. The largest absolute Gasteiger partial charge is 0.515 e. The van der Waals surface area contributed by atoms with Gasteiger partial charge in [0.2, 0.25) is 5.91 Å². The maximum absolute atomic E-state index is 13.4. The van der Waals surface area contributed by atoms with E-state index < -0.39 is 5.41 Å². The molecular weight excluding hydrogens is 404 g/mol. The summed E-state index contributed by atoms with van der Waals surface area (Å²) in [7, 11) is 0. The predicted molar refractivity (Wildman–Crippen MR) is 120 cm³/mol. The number of hydrogen-bond acceptors (Lipinski definition) is 5. The van der Waals surface area contributed by atoms with Crippen molar-refractivity contribution in [3.05, 3.63) is 59.1 Å². The third-order valence-corrected chi connectivity index (χ3v) is 8.22. The van der Waals surface area contributed by atoms with Gasteiger partial charge in [0.05, 0.1) is 6.26 Å². The molecule has 1 amide bonds. The SMILES string of the molecule is Cc1cc(NC(=O)CC[C@@H]2/C(=C/O)C(=O)[C@@]3(C)CCC4c5ccccc5CCC4C23)no1. The highest BCUT2D eigenvalue weighted by Gasteiger charge is 2.60. The number of Topliss-reactive ketones (excluding diaryl/α,β-unsaturated/α-hetero) is 1. The van der Waals surface area contributed by atoms with Gasteiger partial charge < -0.3 is 14.9 Å². The van der Waals surface area contributed by atoms with Crippen molar-refractivity contribution in [1.82, 2.24) is 5.16 Å². The number of ketones is 1. The summed E-state index contributed by atoms with van der Waals surface area (Å²) < 4.78 is 5.01. The molecule has 0 spiro atoms. The van der Waals surface area contributed by atoms with Crippen LogP contribution in [0, 0.1) is 30.1 Å². The first kappa shape index (κ1) is 21.0. The van der Waals surface area contributed by atoms with Gasteiger partial charge in [-0.05, 0) is 73.8 Å². The van der Waals surface area contributed by atoms with E-state index in [1.165, 1.54) is 11.1 Å². The van der Waals surface area contributed by atoms with Crippen molar-refractivity contribution in [2.24, 2.45) is 23.2 Å². The minimum atomic E-state index is -0.466. The molecular formula is C26H30N2O4. The minimum Gasteiger partial charge on any atom is -0.515 e. The van der Waals surface area contributed by atoms with Crippen LogP contribution < -0.4 is 5.32 Å². The molecule has 1 aromatic heterocycles. The van der Waals surface area contributed by atoms with Crippen LogP contribution in [0.15, 0.2) is 46.7 Å². The van der Waals surface area contributed by atoms with E-state index in [4.69, 9.17) is 4.52 Å². The van der Waals surface area contributed by atoms with Crippen LogP contribution in [0.2, 0.25) is 0 Å². The zero-order valence-corrected chi connectivity index (χ0v) is 18.6. The number of fused-ring (bicyclic) bond motifs is 5. The van der Waals surface area contributed by atoms with Crippen LogP contribution in [-0.2, 0) is 16.0 Å². The van der Waals surface area contributed by atoms with Crippen molar-refractivity contribution in [1.29, 1.82) is 0 Å². The molecule has 6 nitrogen and oxygen atoms in total. The predicted octanol–water partition coefficient (Wildman–Crippen LogP) is 5.11. The standard InChI is InChI=1S/C26H30N2O4/c1-15-13-22(28-32-15)27-23(30)10-9-20-21(14-29)25(31)26(2)12-11-18-17-6-4-3-5-16(17)7-8-19(18)24(20)26/h3-6,13-14,18-20,24,29H,7-12H2,1-2H3,(H,27,28,30)/b21-14-/t18?,19?,20-,24?,26+/m1/s1. The molecule has 0 saturated heterocycles. The average molecular weight is 435 g/mol. The molecule has 0 radical (unpaired) electrons. The summed E-state index contributed by atoms with van der Waals surface area (Å²) in [6.45, 7) is 3.85. The molecule has 1 aromatic carbocycles. The Bertz CT molecular complexity index is 1090. The number of benzene rings is 1. The summed E-state index contributed by atoms with van der Waals surface area (Å²) in [6.07, 6.45) is 5.71. The molecule has 3 unspecified atom stereocenters. The lowest BCUT2D eigenvalue weighted by Gasteiger charge is -2.49. The Labute approximate surface area is 188 Å². The number of nitrogens with one attached hydrogen (secondary N) is 1. The highest BCUT2D eigenvalue weighted by molar-refractivity contribution is 6.03. The molecule has 0 bridgehead atoms. The van der Waals surface area contributed by atoms with E-state index in [-0.39, 0.29) is 29.9 Å². The molecule has 2 saturated carbocycles. The summed E-state index contributed by atoms with van der Waals surface area (Å²) >= 11 is 0. The topological polar surface area (TPSA) is 92.4 Å². The molecule has 168 valence electrons. The Morgan fingerprint density at radius 1 is 1.34 bits per heavy atom. The maximum atomic E-state index is 13.4. The Morgan fingerprint density at radius 3 is 2.91 bits per heavy atom. The van der Waals surface area contributed by atoms with Gasteiger partial charge in [0.1, 0.15) is 5.76 Å². The number of amides is 1. The summed E-state index contributed by atoms with van der Waals surface area (Å²) in [5, 5.41) is 16.6. The van der Waals surface area contributed by atoms with E-state index in [1.54, 1.807) is 13.0 Å². The van der Waals surface area contributed by atoms with E-state index in [1.807, 2.05) is 0 Å². The van der Waals surface area contributed by atoms with E-state index in [0.717, 1.165) is 31.9 Å². The Balaban J connectivity index is 1.40. The Hall–Kier alpha value is -2.89. The van der Waals surface area contributed by atoms with Gasteiger partial charge in [-0.3, -0.25) is 9.59 Å². The zero-order chi connectivity index (χ0) is 22.5. The summed E-state index contributed by atoms with van der Waals surface area (Å²) in [5.41, 5.74) is 2.89. The number of aromatic nitrogens is 1. The van der Waals surface area contributed by atoms with Gasteiger partial charge in [-0.1, -0.05) is 36.3 Å². The number of allylic oxidation sites excluding steroid dienone is 1. The monoisotopic (exact) mass is 434 g/mol. The molecule has 5 atom stereocenters. The maximum Gasteiger partial charge on any atom is 0.225 e. The highest BCUT2D eigenvalue weighted by atomic mass is 16.5. The third kappa shape index (κ3) is 3.28. The van der Waals surface area contributed by atoms with Gasteiger partial charge in [-0.25, -0.2) is 0 Å². The molecule has 3 aliphatic rings. The van der Waals surface area contributed by atoms with Crippen molar-refractivity contribution < 1.29 is 19.2 Å². The molecule has 5 rings (SSSR count). The number of carbonyl (C=O) groups is 2. The van der Waals surface area contributed by atoms with Gasteiger partial charge in [0, 0.05) is 23.5 Å². The summed E-state index contributed by atoms with van der Waals surface area (Å²) in [5.74, 6) is 1.81. The van der Waals surface area contributed by atoms with Gasteiger partial charge in [-0.15, -0.1) is 0 Å². The fraction of sp³-hybridized carbons (Fsp3) is 0.500. The number of aliphatic hydroxyl groups is 1. The summed E-state index contributed by atoms with van der Waals surface area (Å²) in [4.78, 5) is 26.0. The average Bonchev–Trinajstić information content (AvgIpc) is 3.29. The van der Waals surface area contributed by atoms with Crippen LogP contribution in [0.25, 0.3) is 0 Å². The normalized spacial score (nSPS) is 32.3. The number of hydrogen-bond donors (Lipinski definition) is 2. The molecule has 1 heterocycles. The number of aryl methyl sites for hydroxylation is 2. The summed E-state index contributed by atoms with van der Waals surface area (Å²) in [6, 6.07) is 10.4. The van der Waals surface area contributed by atoms with Crippen LogP contribution in [-0.4, -0.2) is 22.0 Å². The highest BCUT2D eigenvalue weighted by Crippen LogP contribution is 2.63. The molecule has 0 aliphatic heterocycles. The van der Waals surface area contributed by atoms with Gasteiger partial charge in [0.25, 0.3) is 0 Å². The van der Waals surface area contributed by atoms with Crippen LogP contribution in [0.5, 0.6) is 0 Å². The molecule has 2 N–H and O–H groups in total. The van der Waals surface area contributed by atoms with E-state index in [0.29, 0.717) is 35.4 Å². The van der Waals surface area contributed by atoms with Crippen molar-refractivity contribution in [3.63, 3.8) is 0 Å². The first-order valence-electron chi connectivity index (χ1n) is 11.6. The fourth-order valence-electron chi connectivity index (χ4n) is 6.88. The molecule has 2 fully saturated rings. The van der Waals surface area contributed by atoms with Crippen LogP contribution in [0.4, 0.5) is 5.82 Å². The second kappa shape index (κ2) is 7.91. The number of nitrogens with zero attached hydrogens (tertiary/aromatic N) is 1. The Kier molecular flexibility index (Phi) is 5.19. The van der Waals surface area contributed by atoms with Crippen molar-refractivity contribution in [3.8, 4) is 0 Å². The van der Waals surface area contributed by atoms with Crippen molar-refractivity contribution in [2.75, 3.05) is 5.32 Å². The van der Waals surface area contributed by atoms with E-state index >= 15 is 0 Å². The lowest BCUT2D eigenvalue weighted by molar-refractivity contribution is -0.127. The minimum absolute atomic E-state index is 0.0693. The zero-order valence-electron chi connectivity index (χ0n) is 18.6. The number of anilines is 1. The van der Waals surface area contributed by atoms with E-state index in [9.17, 15) is 14.7 Å². The molecule has 3 aliphatic carbocycles. The van der Waals surface area contributed by atoms with Crippen molar-refractivity contribution >= 4 is 17.5 Å². The fourth-order valence-corrected chi connectivity index (χ4v) is 6.88. The Morgan fingerprint density at radius 2 is 2.16 bits per heavy atom. The van der Waals surface area contributed by atoms with Gasteiger partial charge >= 0.3 is 0 Å². The number of aliphatic hydroxyl groups excluding tert-OH is 1. The smallest absolute Gasteiger partial charge is 0.225 e. The lowest BCUT2D eigenvalue weighted by atomic mass is 9.54. The second-order valence-corrected chi connectivity index (χ2v) is 9.92. The van der Waals surface area contributed by atoms with Crippen LogP contribution in [0.3, 0.4) is 0 Å². The van der Waals surface area contributed by atoms with Gasteiger partial charge in [-0.2, -0.15) is 0 Å². The second-order valence-electron chi connectivity index (χ2n) is 9.92.